The van der Waals surface area contributed by atoms with Gasteiger partial charge in [0.15, 0.2) is 0 Å². The van der Waals surface area contributed by atoms with Crippen LogP contribution in [0.15, 0.2) is 0 Å². The van der Waals surface area contributed by atoms with Gasteiger partial charge in [-0.3, -0.25) is 4.79 Å². The Labute approximate surface area is 83.8 Å². The molecule has 14 heavy (non-hydrogen) atoms. The van der Waals surface area contributed by atoms with E-state index in [1.54, 1.807) is 0 Å². The lowest BCUT2D eigenvalue weighted by molar-refractivity contribution is -0.121. The first-order chi connectivity index (χ1) is 6.58. The number of Topliss-reactive ketones (excluding diaryl/α,β-unsaturated/α-hetero) is 1. The first-order valence-corrected chi connectivity index (χ1v) is 5.05. The van der Waals surface area contributed by atoms with E-state index in [1.807, 2.05) is 6.92 Å². The molecule has 1 atom stereocenters. The van der Waals surface area contributed by atoms with Gasteiger partial charge < -0.3 is 10.5 Å². The van der Waals surface area contributed by atoms with Crippen LogP contribution in [0.2, 0.25) is 0 Å². The predicted octanol–water partition coefficient (Wildman–Crippen LogP) is 1.62. The van der Waals surface area contributed by atoms with Gasteiger partial charge in [0, 0.05) is 12.8 Å². The van der Waals surface area contributed by atoms with Crippen LogP contribution in [-0.2, 0) is 9.53 Å². The van der Waals surface area contributed by atoms with Gasteiger partial charge in [-0.2, -0.15) is 0 Å². The zero-order valence-electron chi connectivity index (χ0n) is 8.49. The molecular formula is C10H17NO3. The molecule has 0 aromatic carbocycles. The molecule has 0 spiro atoms. The van der Waals surface area contributed by atoms with E-state index in [9.17, 15) is 9.59 Å². The van der Waals surface area contributed by atoms with Crippen molar-refractivity contribution in [2.75, 3.05) is 0 Å². The Morgan fingerprint density at radius 3 is 2.64 bits per heavy atom. The molecule has 1 rings (SSSR count). The summed E-state index contributed by atoms with van der Waals surface area (Å²) in [4.78, 5) is 21.4. The molecule has 2 N–H and O–H groups in total. The molecule has 1 aliphatic rings. The van der Waals surface area contributed by atoms with Crippen LogP contribution in [0.25, 0.3) is 0 Å². The van der Waals surface area contributed by atoms with Crippen molar-refractivity contribution in [3.63, 3.8) is 0 Å². The predicted molar refractivity (Wildman–Crippen MR) is 51.7 cm³/mol. The summed E-state index contributed by atoms with van der Waals surface area (Å²) in [6.45, 7) is 1.83. The molecule has 4 nitrogen and oxygen atoms in total. The van der Waals surface area contributed by atoms with Crippen LogP contribution in [0.1, 0.15) is 39.0 Å². The quantitative estimate of drug-likeness (QED) is 0.750. The van der Waals surface area contributed by atoms with E-state index < -0.39 is 6.09 Å². The lowest BCUT2D eigenvalue weighted by Gasteiger charge is -2.23. The van der Waals surface area contributed by atoms with Crippen LogP contribution >= 0.6 is 0 Å². The summed E-state index contributed by atoms with van der Waals surface area (Å²) >= 11 is 0. The summed E-state index contributed by atoms with van der Waals surface area (Å²) in [5.74, 6) is 0.853. The largest absolute Gasteiger partial charge is 0.447 e. The number of ketones is 1. The Morgan fingerprint density at radius 2 is 2.14 bits per heavy atom. The van der Waals surface area contributed by atoms with Crippen LogP contribution in [0, 0.1) is 5.92 Å². The fourth-order valence-corrected chi connectivity index (χ4v) is 1.95. The summed E-state index contributed by atoms with van der Waals surface area (Å²) in [5, 5.41) is 0. The first kappa shape index (κ1) is 11.0. The van der Waals surface area contributed by atoms with Crippen molar-refractivity contribution in [2.24, 2.45) is 11.7 Å². The van der Waals surface area contributed by atoms with E-state index in [1.165, 1.54) is 0 Å². The minimum absolute atomic E-state index is 0.134. The van der Waals surface area contributed by atoms with Crippen molar-refractivity contribution in [1.29, 1.82) is 0 Å². The molecule has 0 aliphatic heterocycles. The Kier molecular flexibility index (Phi) is 3.92. The third-order valence-corrected chi connectivity index (χ3v) is 2.65. The van der Waals surface area contributed by atoms with Gasteiger partial charge in [0.25, 0.3) is 0 Å². The molecule has 0 bridgehead atoms. The van der Waals surface area contributed by atoms with Crippen molar-refractivity contribution in [3.8, 4) is 0 Å². The molecule has 0 radical (unpaired) electrons. The number of carbonyl (C=O) groups is 2. The number of ether oxygens (including phenoxy) is 1. The van der Waals surface area contributed by atoms with Crippen LogP contribution < -0.4 is 5.73 Å². The zero-order valence-corrected chi connectivity index (χ0v) is 8.49. The molecule has 1 saturated carbocycles. The minimum atomic E-state index is -0.718. The average Bonchev–Trinajstić information content (AvgIpc) is 2.07. The van der Waals surface area contributed by atoms with E-state index >= 15 is 0 Å². The molecule has 0 saturated heterocycles. The number of carbonyl (C=O) groups excluding carboxylic acids is 2. The summed E-state index contributed by atoms with van der Waals surface area (Å²) in [7, 11) is 0. The van der Waals surface area contributed by atoms with E-state index in [4.69, 9.17) is 10.5 Å². The highest BCUT2D eigenvalue weighted by Crippen LogP contribution is 2.26. The molecule has 1 unspecified atom stereocenters. The van der Waals surface area contributed by atoms with E-state index in [0.717, 1.165) is 19.3 Å². The average molecular weight is 199 g/mol. The van der Waals surface area contributed by atoms with Gasteiger partial charge in [-0.05, 0) is 32.1 Å². The zero-order chi connectivity index (χ0) is 10.6. The van der Waals surface area contributed by atoms with Crippen LogP contribution in [0.4, 0.5) is 4.79 Å². The molecule has 80 valence electrons. The minimum Gasteiger partial charge on any atom is -0.447 e. The summed E-state index contributed by atoms with van der Waals surface area (Å²) in [5.41, 5.74) is 4.91. The molecule has 0 aromatic rings. The van der Waals surface area contributed by atoms with Gasteiger partial charge in [-0.1, -0.05) is 0 Å². The highest BCUT2D eigenvalue weighted by Gasteiger charge is 2.21. The van der Waals surface area contributed by atoms with Gasteiger partial charge in [0.05, 0.1) is 0 Å². The van der Waals surface area contributed by atoms with E-state index in [-0.39, 0.29) is 6.10 Å². The van der Waals surface area contributed by atoms with Crippen molar-refractivity contribution < 1.29 is 14.3 Å². The highest BCUT2D eigenvalue weighted by molar-refractivity contribution is 5.79. The van der Waals surface area contributed by atoms with Crippen LogP contribution in [0.5, 0.6) is 0 Å². The van der Waals surface area contributed by atoms with Crippen molar-refractivity contribution in [2.45, 2.75) is 45.1 Å². The second-order valence-corrected chi connectivity index (χ2v) is 3.97. The van der Waals surface area contributed by atoms with Gasteiger partial charge in [-0.25, -0.2) is 4.79 Å². The highest BCUT2D eigenvalue weighted by atomic mass is 16.6. The van der Waals surface area contributed by atoms with Crippen molar-refractivity contribution in [3.05, 3.63) is 0 Å². The molecule has 1 fully saturated rings. The van der Waals surface area contributed by atoms with Gasteiger partial charge in [0.2, 0.25) is 0 Å². The van der Waals surface area contributed by atoms with Crippen molar-refractivity contribution in [1.82, 2.24) is 0 Å². The summed E-state index contributed by atoms with van der Waals surface area (Å²) in [6, 6.07) is 0. The molecule has 0 aromatic heterocycles. The molecule has 4 heteroatoms. The molecule has 1 aliphatic carbocycles. The number of nitrogens with two attached hydrogens (primary N) is 1. The SMILES string of the molecule is CC(CC1CCC(=O)CC1)OC(N)=O. The van der Waals surface area contributed by atoms with Gasteiger partial charge in [0.1, 0.15) is 11.9 Å². The Balaban J connectivity index is 2.23. The number of hydrogen-bond donors (Lipinski definition) is 1. The fraction of sp³-hybridized carbons (Fsp3) is 0.800. The first-order valence-electron chi connectivity index (χ1n) is 5.05. The number of rotatable bonds is 3. The second-order valence-electron chi connectivity index (χ2n) is 3.97. The maximum absolute atomic E-state index is 11.0. The topological polar surface area (TPSA) is 69.4 Å². The number of amides is 1. The Bertz CT molecular complexity index is 217. The van der Waals surface area contributed by atoms with E-state index in [0.29, 0.717) is 24.5 Å². The third kappa shape index (κ3) is 3.77. The number of primary amides is 1. The lowest BCUT2D eigenvalue weighted by Crippen LogP contribution is -2.24. The normalized spacial score (nSPS) is 20.5. The lowest BCUT2D eigenvalue weighted by atomic mass is 9.85. The standard InChI is InChI=1S/C10H17NO3/c1-7(14-10(11)13)6-8-2-4-9(12)5-3-8/h7-8H,2-6H2,1H3,(H2,11,13). The number of hydrogen-bond acceptors (Lipinski definition) is 3. The van der Waals surface area contributed by atoms with Crippen molar-refractivity contribution >= 4 is 11.9 Å². The summed E-state index contributed by atoms with van der Waals surface area (Å²) < 4.78 is 4.83. The Hall–Kier alpha value is -1.06. The maximum atomic E-state index is 11.0. The maximum Gasteiger partial charge on any atom is 0.404 e. The van der Waals surface area contributed by atoms with Crippen LogP contribution in [0.3, 0.4) is 0 Å². The smallest absolute Gasteiger partial charge is 0.404 e. The second kappa shape index (κ2) is 4.98. The Morgan fingerprint density at radius 1 is 1.57 bits per heavy atom. The van der Waals surface area contributed by atoms with Gasteiger partial charge in [-0.15, -0.1) is 0 Å². The van der Waals surface area contributed by atoms with Crippen LogP contribution in [-0.4, -0.2) is 18.0 Å². The van der Waals surface area contributed by atoms with Gasteiger partial charge >= 0.3 is 6.09 Å². The molecule has 0 heterocycles. The fourth-order valence-electron chi connectivity index (χ4n) is 1.95. The summed E-state index contributed by atoms with van der Waals surface area (Å²) in [6.07, 6.45) is 3.16. The molecule has 1 amide bonds. The molecular weight excluding hydrogens is 182 g/mol. The van der Waals surface area contributed by atoms with E-state index in [2.05, 4.69) is 0 Å². The monoisotopic (exact) mass is 199 g/mol. The third-order valence-electron chi connectivity index (χ3n) is 2.65.